The van der Waals surface area contributed by atoms with Gasteiger partial charge in [0.05, 0.1) is 0 Å². The van der Waals surface area contributed by atoms with Crippen molar-refractivity contribution in [3.05, 3.63) is 46.7 Å². The van der Waals surface area contributed by atoms with Crippen molar-refractivity contribution in [3.8, 4) is 5.75 Å². The molecular formula is C15H16F3N3OS. The average Bonchev–Trinajstić information content (AvgIpc) is 2.99. The molecule has 2 aromatic rings. The van der Waals surface area contributed by atoms with Crippen LogP contribution in [0, 0.1) is 0 Å². The smallest absolute Gasteiger partial charge is 0.406 e. The molecule has 0 aliphatic carbocycles. The molecule has 0 radical (unpaired) electrons. The first kappa shape index (κ1) is 17.1. The number of benzene rings is 1. The lowest BCUT2D eigenvalue weighted by Crippen LogP contribution is -2.23. The van der Waals surface area contributed by atoms with E-state index in [9.17, 15) is 13.2 Å². The minimum atomic E-state index is -4.70. The highest BCUT2D eigenvalue weighted by Crippen LogP contribution is 2.24. The first-order chi connectivity index (χ1) is 10.8. The Kier molecular flexibility index (Phi) is 5.49. The van der Waals surface area contributed by atoms with Crippen LogP contribution in [-0.2, 0) is 0 Å². The first-order valence-corrected chi connectivity index (χ1v) is 7.72. The molecule has 0 spiro atoms. The van der Waals surface area contributed by atoms with Crippen LogP contribution < -0.4 is 15.8 Å². The molecule has 23 heavy (non-hydrogen) atoms. The number of ether oxygens (including phenoxy) is 1. The molecule has 0 bridgehead atoms. The van der Waals surface area contributed by atoms with Gasteiger partial charge in [-0.25, -0.2) is 0 Å². The lowest BCUT2D eigenvalue weighted by atomic mass is 10.1. The van der Waals surface area contributed by atoms with Crippen molar-refractivity contribution < 1.29 is 17.9 Å². The SMILES string of the molecule is CC(CN=C(N)Nc1ccc(OC(F)(F)F)cc1)c1ccsc1. The Morgan fingerprint density at radius 1 is 1.30 bits per heavy atom. The van der Waals surface area contributed by atoms with Crippen molar-refractivity contribution >= 4 is 23.0 Å². The minimum Gasteiger partial charge on any atom is -0.406 e. The van der Waals surface area contributed by atoms with Gasteiger partial charge >= 0.3 is 6.36 Å². The second-order valence-electron chi connectivity index (χ2n) is 4.88. The Hall–Kier alpha value is -2.22. The quantitative estimate of drug-likeness (QED) is 0.632. The van der Waals surface area contributed by atoms with E-state index < -0.39 is 6.36 Å². The summed E-state index contributed by atoms with van der Waals surface area (Å²) in [6.45, 7) is 2.56. The lowest BCUT2D eigenvalue weighted by Gasteiger charge is -2.11. The summed E-state index contributed by atoms with van der Waals surface area (Å²) in [5.41, 5.74) is 7.50. The van der Waals surface area contributed by atoms with E-state index in [0.717, 1.165) is 0 Å². The van der Waals surface area contributed by atoms with Crippen LogP contribution in [0.25, 0.3) is 0 Å². The fourth-order valence-corrected chi connectivity index (χ4v) is 2.61. The Balaban J connectivity index is 1.89. The predicted octanol–water partition coefficient (Wildman–Crippen LogP) is 4.18. The largest absolute Gasteiger partial charge is 0.573 e. The van der Waals surface area contributed by atoms with E-state index in [-0.39, 0.29) is 17.6 Å². The molecule has 0 aliphatic rings. The van der Waals surface area contributed by atoms with Crippen LogP contribution in [0.1, 0.15) is 18.4 Å². The maximum atomic E-state index is 12.1. The Bertz CT molecular complexity index is 639. The number of nitrogens with one attached hydrogen (secondary N) is 1. The number of aliphatic imine (C=N–C) groups is 1. The number of thiophene rings is 1. The van der Waals surface area contributed by atoms with Gasteiger partial charge in [0, 0.05) is 18.2 Å². The van der Waals surface area contributed by atoms with Crippen molar-refractivity contribution in [2.75, 3.05) is 11.9 Å². The molecule has 1 aromatic heterocycles. The number of hydrogen-bond acceptors (Lipinski definition) is 3. The van der Waals surface area contributed by atoms with Gasteiger partial charge in [0.1, 0.15) is 5.75 Å². The van der Waals surface area contributed by atoms with Gasteiger partial charge in [-0.3, -0.25) is 4.99 Å². The van der Waals surface area contributed by atoms with Crippen LogP contribution >= 0.6 is 11.3 Å². The third-order valence-corrected chi connectivity index (χ3v) is 3.71. The number of halogens is 3. The number of hydrogen-bond donors (Lipinski definition) is 2. The van der Waals surface area contributed by atoms with E-state index in [1.54, 1.807) is 11.3 Å². The second kappa shape index (κ2) is 7.36. The fraction of sp³-hybridized carbons (Fsp3) is 0.267. The van der Waals surface area contributed by atoms with Gasteiger partial charge in [-0.15, -0.1) is 13.2 Å². The molecule has 4 nitrogen and oxygen atoms in total. The third kappa shape index (κ3) is 5.82. The van der Waals surface area contributed by atoms with E-state index in [4.69, 9.17) is 5.73 Å². The highest BCUT2D eigenvalue weighted by Gasteiger charge is 2.30. The molecule has 0 amide bonds. The summed E-state index contributed by atoms with van der Waals surface area (Å²) in [4.78, 5) is 4.23. The third-order valence-electron chi connectivity index (χ3n) is 3.01. The molecule has 0 fully saturated rings. The van der Waals surface area contributed by atoms with Crippen LogP contribution in [0.5, 0.6) is 5.75 Å². The number of nitrogens with two attached hydrogens (primary N) is 1. The summed E-state index contributed by atoms with van der Waals surface area (Å²) < 4.78 is 40.0. The highest BCUT2D eigenvalue weighted by atomic mass is 32.1. The molecule has 0 aliphatic heterocycles. The standard InChI is InChI=1S/C15H16F3N3OS/c1-10(11-6-7-23-9-11)8-20-14(19)21-12-2-4-13(5-3-12)22-15(16,17)18/h2-7,9-10H,8H2,1H3,(H3,19,20,21). The van der Waals surface area contributed by atoms with E-state index in [1.807, 2.05) is 18.4 Å². The highest BCUT2D eigenvalue weighted by molar-refractivity contribution is 7.07. The molecule has 1 unspecified atom stereocenters. The van der Waals surface area contributed by atoms with E-state index in [2.05, 4.69) is 20.4 Å². The van der Waals surface area contributed by atoms with Crippen molar-refractivity contribution in [3.63, 3.8) is 0 Å². The van der Waals surface area contributed by atoms with Gasteiger partial charge in [0.15, 0.2) is 5.96 Å². The zero-order chi connectivity index (χ0) is 16.9. The van der Waals surface area contributed by atoms with Crippen LogP contribution in [0.3, 0.4) is 0 Å². The van der Waals surface area contributed by atoms with Crippen LogP contribution in [0.2, 0.25) is 0 Å². The van der Waals surface area contributed by atoms with Crippen molar-refractivity contribution in [2.45, 2.75) is 19.2 Å². The zero-order valence-corrected chi connectivity index (χ0v) is 13.1. The monoisotopic (exact) mass is 343 g/mol. The van der Waals surface area contributed by atoms with E-state index in [0.29, 0.717) is 12.2 Å². The summed E-state index contributed by atoms with van der Waals surface area (Å²) in [7, 11) is 0. The summed E-state index contributed by atoms with van der Waals surface area (Å²) >= 11 is 1.62. The fourth-order valence-electron chi connectivity index (χ4n) is 1.82. The van der Waals surface area contributed by atoms with Gasteiger partial charge in [0.25, 0.3) is 0 Å². The minimum absolute atomic E-state index is 0.205. The van der Waals surface area contributed by atoms with Crippen molar-refractivity contribution in [1.29, 1.82) is 0 Å². The van der Waals surface area contributed by atoms with Gasteiger partial charge in [-0.1, -0.05) is 6.92 Å². The number of alkyl halides is 3. The molecule has 0 saturated heterocycles. The second-order valence-corrected chi connectivity index (χ2v) is 5.66. The Morgan fingerprint density at radius 2 is 2.00 bits per heavy atom. The molecule has 3 N–H and O–H groups in total. The Labute approximate surface area is 135 Å². The number of guanidine groups is 1. The lowest BCUT2D eigenvalue weighted by molar-refractivity contribution is -0.274. The van der Waals surface area contributed by atoms with Crippen molar-refractivity contribution in [2.24, 2.45) is 10.7 Å². The van der Waals surface area contributed by atoms with Gasteiger partial charge in [0.2, 0.25) is 0 Å². The molecule has 8 heteroatoms. The molecule has 124 valence electrons. The topological polar surface area (TPSA) is 59.6 Å². The Morgan fingerprint density at radius 3 is 2.57 bits per heavy atom. The summed E-state index contributed by atoms with van der Waals surface area (Å²) in [5.74, 6) is 0.158. The molecule has 1 heterocycles. The van der Waals surface area contributed by atoms with Crippen LogP contribution in [0.4, 0.5) is 18.9 Å². The van der Waals surface area contributed by atoms with Crippen molar-refractivity contribution in [1.82, 2.24) is 0 Å². The van der Waals surface area contributed by atoms with Gasteiger partial charge in [-0.05, 0) is 46.7 Å². The first-order valence-electron chi connectivity index (χ1n) is 6.78. The van der Waals surface area contributed by atoms with Gasteiger partial charge in [-0.2, -0.15) is 11.3 Å². The van der Waals surface area contributed by atoms with Crippen LogP contribution in [-0.4, -0.2) is 18.9 Å². The predicted molar refractivity (Wildman–Crippen MR) is 86.0 cm³/mol. The normalized spacial score (nSPS) is 13.7. The number of rotatable bonds is 5. The molecule has 1 aromatic carbocycles. The molecule has 0 saturated carbocycles. The summed E-state index contributed by atoms with van der Waals surface area (Å²) in [5, 5.41) is 6.89. The van der Waals surface area contributed by atoms with E-state index in [1.165, 1.54) is 29.8 Å². The maximum absolute atomic E-state index is 12.1. The molecule has 1 atom stereocenters. The van der Waals surface area contributed by atoms with Crippen LogP contribution in [0.15, 0.2) is 46.1 Å². The summed E-state index contributed by atoms with van der Waals surface area (Å²) in [6.07, 6.45) is -4.70. The maximum Gasteiger partial charge on any atom is 0.573 e. The molecular weight excluding hydrogens is 327 g/mol. The average molecular weight is 343 g/mol. The van der Waals surface area contributed by atoms with E-state index >= 15 is 0 Å². The number of nitrogens with zero attached hydrogens (tertiary/aromatic N) is 1. The zero-order valence-electron chi connectivity index (χ0n) is 12.3. The number of anilines is 1. The summed E-state index contributed by atoms with van der Waals surface area (Å²) in [6, 6.07) is 7.32. The molecule has 2 rings (SSSR count). The van der Waals surface area contributed by atoms with Gasteiger partial charge < -0.3 is 15.8 Å².